The Morgan fingerprint density at radius 1 is 1.42 bits per heavy atom. The van der Waals surface area contributed by atoms with E-state index in [2.05, 4.69) is 6.08 Å². The molecule has 2 nitrogen and oxygen atoms in total. The van der Waals surface area contributed by atoms with Crippen LogP contribution in [-0.2, 0) is 4.79 Å². The minimum atomic E-state index is -0.601. The molecule has 0 aromatic carbocycles. The highest BCUT2D eigenvalue weighted by atomic mass is 16.4. The van der Waals surface area contributed by atoms with Crippen molar-refractivity contribution in [2.24, 2.45) is 17.8 Å². The molecule has 0 aromatic rings. The molecule has 0 amide bonds. The smallest absolute Gasteiger partial charge is 0.307 e. The van der Waals surface area contributed by atoms with Crippen LogP contribution in [0.1, 0.15) is 25.7 Å². The van der Waals surface area contributed by atoms with Gasteiger partial charge in [-0.15, -0.1) is 0 Å². The van der Waals surface area contributed by atoms with Gasteiger partial charge in [0.2, 0.25) is 0 Å². The van der Waals surface area contributed by atoms with Gasteiger partial charge in [0, 0.05) is 0 Å². The van der Waals surface area contributed by atoms with Gasteiger partial charge in [0.15, 0.2) is 0 Å². The number of aliphatic carboxylic acids is 1. The molecular formula is C10H14O2. The number of hydrogen-bond donors (Lipinski definition) is 1. The molecule has 66 valence electrons. The van der Waals surface area contributed by atoms with E-state index in [4.69, 9.17) is 5.11 Å². The zero-order chi connectivity index (χ0) is 8.55. The lowest BCUT2D eigenvalue weighted by Gasteiger charge is -2.26. The minimum absolute atomic E-state index is 0.0949. The first-order chi connectivity index (χ1) is 5.79. The molecule has 0 aliphatic heterocycles. The van der Waals surface area contributed by atoms with Crippen molar-refractivity contribution in [3.63, 3.8) is 0 Å². The van der Waals surface area contributed by atoms with E-state index in [1.807, 2.05) is 6.08 Å². The molecule has 0 spiro atoms. The van der Waals surface area contributed by atoms with E-state index in [0.717, 1.165) is 12.8 Å². The zero-order valence-corrected chi connectivity index (χ0v) is 7.07. The third kappa shape index (κ3) is 1.15. The Bertz CT molecular complexity index is 220. The molecule has 0 bridgehead atoms. The summed E-state index contributed by atoms with van der Waals surface area (Å²) in [6.07, 6.45) is 8.54. The SMILES string of the molecule is O=C(O)[C@H]1CC=C[C@@H]2CCC[C@H]21. The molecule has 1 saturated carbocycles. The maximum Gasteiger partial charge on any atom is 0.307 e. The van der Waals surface area contributed by atoms with Crippen molar-refractivity contribution in [2.75, 3.05) is 0 Å². The van der Waals surface area contributed by atoms with Crippen LogP contribution in [0, 0.1) is 17.8 Å². The number of rotatable bonds is 1. The van der Waals surface area contributed by atoms with Crippen molar-refractivity contribution < 1.29 is 9.90 Å². The van der Waals surface area contributed by atoms with Crippen LogP contribution < -0.4 is 0 Å². The molecule has 1 fully saturated rings. The van der Waals surface area contributed by atoms with E-state index in [-0.39, 0.29) is 5.92 Å². The summed E-state index contributed by atoms with van der Waals surface area (Å²) in [5.41, 5.74) is 0. The first kappa shape index (κ1) is 7.84. The van der Waals surface area contributed by atoms with Crippen molar-refractivity contribution in [1.82, 2.24) is 0 Å². The highest BCUT2D eigenvalue weighted by molar-refractivity contribution is 5.71. The van der Waals surface area contributed by atoms with Crippen LogP contribution in [0.2, 0.25) is 0 Å². The van der Waals surface area contributed by atoms with Crippen LogP contribution in [0.15, 0.2) is 12.2 Å². The topological polar surface area (TPSA) is 37.3 Å². The lowest BCUT2D eigenvalue weighted by molar-refractivity contribution is -0.144. The fourth-order valence-electron chi connectivity index (χ4n) is 2.61. The molecule has 2 aliphatic rings. The fraction of sp³-hybridized carbons (Fsp3) is 0.700. The monoisotopic (exact) mass is 166 g/mol. The van der Waals surface area contributed by atoms with E-state index in [9.17, 15) is 4.79 Å². The molecule has 2 aliphatic carbocycles. The second-order valence-electron chi connectivity index (χ2n) is 3.87. The zero-order valence-electron chi connectivity index (χ0n) is 7.07. The number of carbonyl (C=O) groups is 1. The standard InChI is InChI=1S/C10H14O2/c11-10(12)9-6-2-4-7-3-1-5-8(7)9/h2,4,7-9H,1,3,5-6H2,(H,11,12)/t7-,8+,9-/m0/s1. The third-order valence-corrected chi connectivity index (χ3v) is 3.23. The molecule has 0 unspecified atom stereocenters. The number of allylic oxidation sites excluding steroid dienone is 2. The maximum atomic E-state index is 10.9. The van der Waals surface area contributed by atoms with Crippen molar-refractivity contribution >= 4 is 5.97 Å². The van der Waals surface area contributed by atoms with Crippen molar-refractivity contribution in [3.05, 3.63) is 12.2 Å². The average molecular weight is 166 g/mol. The van der Waals surface area contributed by atoms with Gasteiger partial charge in [-0.05, 0) is 31.1 Å². The quantitative estimate of drug-likeness (QED) is 0.605. The Hall–Kier alpha value is -0.790. The second kappa shape index (κ2) is 2.92. The van der Waals surface area contributed by atoms with Gasteiger partial charge in [-0.1, -0.05) is 18.6 Å². The van der Waals surface area contributed by atoms with Gasteiger partial charge < -0.3 is 5.11 Å². The fourth-order valence-corrected chi connectivity index (χ4v) is 2.61. The molecule has 3 atom stereocenters. The average Bonchev–Trinajstić information content (AvgIpc) is 2.49. The molecule has 0 aromatic heterocycles. The molecule has 0 heterocycles. The molecule has 0 radical (unpaired) electrons. The summed E-state index contributed by atoms with van der Waals surface area (Å²) in [4.78, 5) is 10.9. The van der Waals surface area contributed by atoms with Gasteiger partial charge in [0.25, 0.3) is 0 Å². The van der Waals surface area contributed by atoms with Gasteiger partial charge in [-0.3, -0.25) is 4.79 Å². The summed E-state index contributed by atoms with van der Waals surface area (Å²) in [7, 11) is 0. The highest BCUT2D eigenvalue weighted by Gasteiger charge is 2.37. The Kier molecular flexibility index (Phi) is 1.91. The van der Waals surface area contributed by atoms with Crippen LogP contribution in [-0.4, -0.2) is 11.1 Å². The van der Waals surface area contributed by atoms with Gasteiger partial charge in [-0.25, -0.2) is 0 Å². The van der Waals surface area contributed by atoms with Crippen LogP contribution in [0.5, 0.6) is 0 Å². The molecule has 0 saturated heterocycles. The van der Waals surface area contributed by atoms with Crippen LogP contribution in [0.25, 0.3) is 0 Å². The predicted octanol–water partition coefficient (Wildman–Crippen LogP) is 2.06. The van der Waals surface area contributed by atoms with Crippen LogP contribution >= 0.6 is 0 Å². The maximum absolute atomic E-state index is 10.9. The van der Waals surface area contributed by atoms with Gasteiger partial charge in [0.1, 0.15) is 0 Å². The second-order valence-corrected chi connectivity index (χ2v) is 3.87. The van der Waals surface area contributed by atoms with Gasteiger partial charge in [0.05, 0.1) is 5.92 Å². The van der Waals surface area contributed by atoms with Gasteiger partial charge >= 0.3 is 5.97 Å². The minimum Gasteiger partial charge on any atom is -0.481 e. The Labute approximate surface area is 72.3 Å². The van der Waals surface area contributed by atoms with E-state index < -0.39 is 5.97 Å². The molecule has 2 rings (SSSR count). The summed E-state index contributed by atoms with van der Waals surface area (Å²) >= 11 is 0. The molecule has 1 N–H and O–H groups in total. The number of hydrogen-bond acceptors (Lipinski definition) is 1. The van der Waals surface area contributed by atoms with E-state index >= 15 is 0 Å². The largest absolute Gasteiger partial charge is 0.481 e. The van der Waals surface area contributed by atoms with Crippen LogP contribution in [0.3, 0.4) is 0 Å². The number of carboxylic acids is 1. The van der Waals surface area contributed by atoms with E-state index in [1.54, 1.807) is 0 Å². The van der Waals surface area contributed by atoms with Crippen molar-refractivity contribution in [1.29, 1.82) is 0 Å². The molecule has 2 heteroatoms. The lowest BCUT2D eigenvalue weighted by Crippen LogP contribution is -2.27. The van der Waals surface area contributed by atoms with Crippen molar-refractivity contribution in [2.45, 2.75) is 25.7 Å². The highest BCUT2D eigenvalue weighted by Crippen LogP contribution is 2.42. The van der Waals surface area contributed by atoms with E-state index in [1.165, 1.54) is 12.8 Å². The predicted molar refractivity (Wildman–Crippen MR) is 45.7 cm³/mol. The van der Waals surface area contributed by atoms with Crippen LogP contribution in [0.4, 0.5) is 0 Å². The summed E-state index contributed by atoms with van der Waals surface area (Å²) < 4.78 is 0. The summed E-state index contributed by atoms with van der Waals surface area (Å²) in [5.74, 6) is 0.311. The molecule has 12 heavy (non-hydrogen) atoms. The first-order valence-corrected chi connectivity index (χ1v) is 4.68. The summed E-state index contributed by atoms with van der Waals surface area (Å²) in [6.45, 7) is 0. The lowest BCUT2D eigenvalue weighted by atomic mass is 9.78. The normalized spacial score (nSPS) is 39.5. The molecular weight excluding hydrogens is 152 g/mol. The van der Waals surface area contributed by atoms with Gasteiger partial charge in [-0.2, -0.15) is 0 Å². The summed E-state index contributed by atoms with van der Waals surface area (Å²) in [5, 5.41) is 8.95. The summed E-state index contributed by atoms with van der Waals surface area (Å²) in [6, 6.07) is 0. The third-order valence-electron chi connectivity index (χ3n) is 3.23. The number of fused-ring (bicyclic) bond motifs is 1. The Balaban J connectivity index is 2.16. The Morgan fingerprint density at radius 2 is 2.25 bits per heavy atom. The first-order valence-electron chi connectivity index (χ1n) is 4.68. The van der Waals surface area contributed by atoms with Crippen molar-refractivity contribution in [3.8, 4) is 0 Å². The van der Waals surface area contributed by atoms with E-state index in [0.29, 0.717) is 11.8 Å². The Morgan fingerprint density at radius 3 is 3.00 bits per heavy atom. The number of carboxylic acid groups (broad SMARTS) is 1.